The summed E-state index contributed by atoms with van der Waals surface area (Å²) in [6, 6.07) is 10.0. The molecule has 0 spiro atoms. The molecule has 0 atom stereocenters. The van der Waals surface area contributed by atoms with Gasteiger partial charge < -0.3 is 5.73 Å². The Morgan fingerprint density at radius 3 is 2.37 bits per heavy atom. The standard InChI is InChI=1S/C13H11ClFNO2S/c14-12-3-1-2-9(13(12)15)8-19(17,18)11-6-4-10(16)5-7-11/h1-7H,8,16H2. The van der Waals surface area contributed by atoms with Crippen molar-refractivity contribution in [3.8, 4) is 0 Å². The first-order valence-corrected chi connectivity index (χ1v) is 7.44. The summed E-state index contributed by atoms with van der Waals surface area (Å²) in [5.74, 6) is -1.15. The number of nitrogen functional groups attached to an aromatic ring is 1. The molecule has 2 N–H and O–H groups in total. The van der Waals surface area contributed by atoms with Gasteiger partial charge in [0.1, 0.15) is 5.82 Å². The number of nitrogens with two attached hydrogens (primary N) is 1. The summed E-state index contributed by atoms with van der Waals surface area (Å²) in [5, 5.41) is -0.0926. The highest BCUT2D eigenvalue weighted by Gasteiger charge is 2.18. The SMILES string of the molecule is Nc1ccc(S(=O)(=O)Cc2cccc(Cl)c2F)cc1. The Balaban J connectivity index is 2.36. The fourth-order valence-corrected chi connectivity index (χ4v) is 3.17. The van der Waals surface area contributed by atoms with E-state index in [4.69, 9.17) is 17.3 Å². The van der Waals surface area contributed by atoms with Crippen molar-refractivity contribution < 1.29 is 12.8 Å². The Morgan fingerprint density at radius 2 is 1.74 bits per heavy atom. The molecule has 2 rings (SSSR count). The Kier molecular flexibility index (Phi) is 3.78. The van der Waals surface area contributed by atoms with E-state index in [9.17, 15) is 12.8 Å². The number of halogens is 2. The zero-order valence-electron chi connectivity index (χ0n) is 9.81. The van der Waals surface area contributed by atoms with E-state index in [0.717, 1.165) is 0 Å². The fourth-order valence-electron chi connectivity index (χ4n) is 1.62. The van der Waals surface area contributed by atoms with Crippen molar-refractivity contribution in [1.29, 1.82) is 0 Å². The molecule has 19 heavy (non-hydrogen) atoms. The van der Waals surface area contributed by atoms with Crippen LogP contribution in [0.1, 0.15) is 5.56 Å². The van der Waals surface area contributed by atoms with Crippen LogP contribution in [0.3, 0.4) is 0 Å². The van der Waals surface area contributed by atoms with Crippen LogP contribution in [0.4, 0.5) is 10.1 Å². The van der Waals surface area contributed by atoms with Crippen LogP contribution in [0.25, 0.3) is 0 Å². The molecule has 0 aliphatic heterocycles. The maximum absolute atomic E-state index is 13.7. The maximum atomic E-state index is 13.7. The van der Waals surface area contributed by atoms with E-state index in [-0.39, 0.29) is 15.5 Å². The lowest BCUT2D eigenvalue weighted by Crippen LogP contribution is -2.06. The Labute approximate surface area is 115 Å². The van der Waals surface area contributed by atoms with Crippen molar-refractivity contribution in [3.63, 3.8) is 0 Å². The predicted molar refractivity (Wildman–Crippen MR) is 73.2 cm³/mol. The summed E-state index contributed by atoms with van der Waals surface area (Å²) in [5.41, 5.74) is 6.01. The molecule has 0 radical (unpaired) electrons. The number of hydrogen-bond acceptors (Lipinski definition) is 3. The molecule has 6 heteroatoms. The summed E-state index contributed by atoms with van der Waals surface area (Å²) in [6.45, 7) is 0. The molecule has 2 aromatic carbocycles. The normalized spacial score (nSPS) is 11.5. The monoisotopic (exact) mass is 299 g/mol. The van der Waals surface area contributed by atoms with Crippen LogP contribution in [0.15, 0.2) is 47.4 Å². The van der Waals surface area contributed by atoms with Crippen LogP contribution in [0.2, 0.25) is 5.02 Å². The highest BCUT2D eigenvalue weighted by Crippen LogP contribution is 2.23. The molecule has 0 aliphatic rings. The summed E-state index contributed by atoms with van der Waals surface area (Å²) in [7, 11) is -3.62. The molecule has 0 unspecified atom stereocenters. The molecule has 0 saturated carbocycles. The second-order valence-corrected chi connectivity index (χ2v) is 6.44. The number of anilines is 1. The van der Waals surface area contributed by atoms with Crippen molar-refractivity contribution in [1.82, 2.24) is 0 Å². The summed E-state index contributed by atoms with van der Waals surface area (Å²) >= 11 is 5.62. The predicted octanol–water partition coefficient (Wildman–Crippen LogP) is 3.04. The van der Waals surface area contributed by atoms with Gasteiger partial charge in [-0.3, -0.25) is 0 Å². The number of sulfone groups is 1. The van der Waals surface area contributed by atoms with Gasteiger partial charge in [-0.05, 0) is 30.3 Å². The Hall–Kier alpha value is -1.59. The van der Waals surface area contributed by atoms with Gasteiger partial charge in [0.05, 0.1) is 15.7 Å². The topological polar surface area (TPSA) is 60.2 Å². The molecule has 0 aromatic heterocycles. The van der Waals surface area contributed by atoms with E-state index in [0.29, 0.717) is 5.69 Å². The van der Waals surface area contributed by atoms with Gasteiger partial charge in [0, 0.05) is 11.3 Å². The zero-order valence-corrected chi connectivity index (χ0v) is 11.4. The fraction of sp³-hybridized carbons (Fsp3) is 0.0769. The van der Waals surface area contributed by atoms with Crippen molar-refractivity contribution >= 4 is 27.1 Å². The first kappa shape index (κ1) is 13.8. The lowest BCUT2D eigenvalue weighted by Gasteiger charge is -2.07. The second kappa shape index (κ2) is 5.19. The summed E-state index contributed by atoms with van der Waals surface area (Å²) < 4.78 is 37.9. The molecular formula is C13H11ClFNO2S. The Morgan fingerprint density at radius 1 is 1.11 bits per heavy atom. The zero-order chi connectivity index (χ0) is 14.0. The minimum atomic E-state index is -3.62. The molecule has 0 saturated heterocycles. The van der Waals surface area contributed by atoms with E-state index in [1.54, 1.807) is 0 Å². The minimum absolute atomic E-state index is 0.0457. The first-order valence-electron chi connectivity index (χ1n) is 5.41. The van der Waals surface area contributed by atoms with Crippen LogP contribution in [0, 0.1) is 5.82 Å². The highest BCUT2D eigenvalue weighted by atomic mass is 35.5. The molecule has 0 amide bonds. The van der Waals surface area contributed by atoms with Gasteiger partial charge in [0.25, 0.3) is 0 Å². The molecule has 2 aromatic rings. The van der Waals surface area contributed by atoms with Crippen LogP contribution < -0.4 is 5.73 Å². The van der Waals surface area contributed by atoms with Gasteiger partial charge in [0.2, 0.25) is 0 Å². The number of benzene rings is 2. The minimum Gasteiger partial charge on any atom is -0.399 e. The van der Waals surface area contributed by atoms with Crippen molar-refractivity contribution in [3.05, 3.63) is 58.9 Å². The number of rotatable bonds is 3. The van der Waals surface area contributed by atoms with E-state index in [2.05, 4.69) is 0 Å². The molecule has 0 heterocycles. The van der Waals surface area contributed by atoms with Gasteiger partial charge in [-0.2, -0.15) is 0 Å². The third-order valence-electron chi connectivity index (χ3n) is 2.62. The molecular weight excluding hydrogens is 289 g/mol. The van der Waals surface area contributed by atoms with E-state index < -0.39 is 21.4 Å². The quantitative estimate of drug-likeness (QED) is 0.886. The summed E-state index contributed by atoms with van der Waals surface area (Å²) in [4.78, 5) is 0.0982. The molecule has 0 fully saturated rings. The lowest BCUT2D eigenvalue weighted by molar-refractivity contribution is 0.587. The molecule has 0 aliphatic carbocycles. The average Bonchev–Trinajstić information content (AvgIpc) is 2.35. The summed E-state index contributed by atoms with van der Waals surface area (Å²) in [6.07, 6.45) is 0. The van der Waals surface area contributed by atoms with Crippen LogP contribution in [0.5, 0.6) is 0 Å². The van der Waals surface area contributed by atoms with Crippen LogP contribution in [-0.4, -0.2) is 8.42 Å². The average molecular weight is 300 g/mol. The largest absolute Gasteiger partial charge is 0.399 e. The van der Waals surface area contributed by atoms with Gasteiger partial charge >= 0.3 is 0 Å². The van der Waals surface area contributed by atoms with Crippen LogP contribution in [-0.2, 0) is 15.6 Å². The molecule has 0 bridgehead atoms. The van der Waals surface area contributed by atoms with Crippen molar-refractivity contribution in [2.24, 2.45) is 0 Å². The number of hydrogen-bond donors (Lipinski definition) is 1. The molecule has 100 valence electrons. The first-order chi connectivity index (χ1) is 8.90. The third-order valence-corrected chi connectivity index (χ3v) is 4.59. The highest BCUT2D eigenvalue weighted by molar-refractivity contribution is 7.90. The maximum Gasteiger partial charge on any atom is 0.182 e. The van der Waals surface area contributed by atoms with E-state index in [1.165, 1.54) is 42.5 Å². The second-order valence-electron chi connectivity index (χ2n) is 4.04. The third kappa shape index (κ3) is 3.05. The van der Waals surface area contributed by atoms with Gasteiger partial charge in [0.15, 0.2) is 9.84 Å². The Bertz CT molecular complexity index is 699. The van der Waals surface area contributed by atoms with Gasteiger partial charge in [-0.1, -0.05) is 23.7 Å². The van der Waals surface area contributed by atoms with Gasteiger partial charge in [-0.15, -0.1) is 0 Å². The lowest BCUT2D eigenvalue weighted by atomic mass is 10.2. The van der Waals surface area contributed by atoms with E-state index >= 15 is 0 Å². The van der Waals surface area contributed by atoms with Crippen molar-refractivity contribution in [2.75, 3.05) is 5.73 Å². The van der Waals surface area contributed by atoms with Gasteiger partial charge in [-0.25, -0.2) is 12.8 Å². The smallest absolute Gasteiger partial charge is 0.182 e. The van der Waals surface area contributed by atoms with E-state index in [1.807, 2.05) is 0 Å². The van der Waals surface area contributed by atoms with Crippen LogP contribution >= 0.6 is 11.6 Å². The molecule has 3 nitrogen and oxygen atoms in total. The van der Waals surface area contributed by atoms with Crippen molar-refractivity contribution in [2.45, 2.75) is 10.6 Å².